The highest BCUT2D eigenvalue weighted by atomic mass is 14.9. The summed E-state index contributed by atoms with van der Waals surface area (Å²) in [7, 11) is 0. The van der Waals surface area contributed by atoms with Gasteiger partial charge in [-0.15, -0.1) is 0 Å². The molecule has 2 unspecified atom stereocenters. The SMILES string of the molecule is C=C(/N=C(/c1ccccc1)C(C)CC)c1ccc(C2(c3ccc(C(C)/N=C(\N=C(/C)c4ccccn4)C4=CCCC=C4)cc3)CCCCC2)cc1. The van der Waals surface area contributed by atoms with E-state index in [4.69, 9.17) is 15.0 Å². The summed E-state index contributed by atoms with van der Waals surface area (Å²) >= 11 is 0. The summed E-state index contributed by atoms with van der Waals surface area (Å²) < 4.78 is 0. The van der Waals surface area contributed by atoms with Gasteiger partial charge in [-0.2, -0.15) is 0 Å². The first-order chi connectivity index (χ1) is 24.9. The third-order valence-electron chi connectivity index (χ3n) is 10.7. The van der Waals surface area contributed by atoms with E-state index in [1.165, 1.54) is 41.5 Å². The number of rotatable bonds is 11. The normalized spacial score (nSPS) is 17.8. The molecule has 260 valence electrons. The number of amidine groups is 1. The first-order valence-electron chi connectivity index (χ1n) is 18.8. The maximum Gasteiger partial charge on any atom is 0.155 e. The molecular formula is C47H52N4. The maximum atomic E-state index is 5.20. The van der Waals surface area contributed by atoms with Gasteiger partial charge < -0.3 is 0 Å². The van der Waals surface area contributed by atoms with Gasteiger partial charge in [0.05, 0.1) is 28.9 Å². The molecule has 4 aromatic rings. The van der Waals surface area contributed by atoms with Gasteiger partial charge >= 0.3 is 0 Å². The number of hydrogen-bond acceptors (Lipinski definition) is 3. The monoisotopic (exact) mass is 672 g/mol. The van der Waals surface area contributed by atoms with E-state index < -0.39 is 0 Å². The third-order valence-corrected chi connectivity index (χ3v) is 10.7. The van der Waals surface area contributed by atoms with Crippen LogP contribution in [0.2, 0.25) is 0 Å². The molecule has 1 saturated carbocycles. The zero-order chi connectivity index (χ0) is 35.6. The second-order valence-corrected chi connectivity index (χ2v) is 14.1. The number of nitrogens with zero attached hydrogens (tertiary/aromatic N) is 4. The average Bonchev–Trinajstić information content (AvgIpc) is 3.20. The van der Waals surface area contributed by atoms with Crippen LogP contribution in [0.15, 0.2) is 149 Å². The van der Waals surface area contributed by atoms with Crippen LogP contribution in [-0.4, -0.2) is 22.2 Å². The van der Waals surface area contributed by atoms with Crippen LogP contribution in [0.25, 0.3) is 5.70 Å². The van der Waals surface area contributed by atoms with Crippen molar-refractivity contribution in [1.29, 1.82) is 0 Å². The Balaban J connectivity index is 1.27. The van der Waals surface area contributed by atoms with E-state index in [1.807, 2.05) is 31.3 Å². The number of allylic oxidation sites excluding steroid dienone is 2. The van der Waals surface area contributed by atoms with E-state index >= 15 is 0 Å². The Morgan fingerprint density at radius 1 is 0.784 bits per heavy atom. The van der Waals surface area contributed by atoms with Gasteiger partial charge in [0.25, 0.3) is 0 Å². The molecule has 4 nitrogen and oxygen atoms in total. The Kier molecular flexibility index (Phi) is 11.8. The molecule has 2 aliphatic carbocycles. The highest BCUT2D eigenvalue weighted by Crippen LogP contribution is 2.45. The molecular weight excluding hydrogens is 621 g/mol. The van der Waals surface area contributed by atoms with E-state index in [0.29, 0.717) is 5.92 Å². The number of hydrogen-bond donors (Lipinski definition) is 0. The predicted molar refractivity (Wildman–Crippen MR) is 217 cm³/mol. The van der Waals surface area contributed by atoms with Crippen molar-refractivity contribution in [2.45, 2.75) is 90.5 Å². The van der Waals surface area contributed by atoms with Crippen molar-refractivity contribution in [3.05, 3.63) is 167 Å². The van der Waals surface area contributed by atoms with Gasteiger partial charge in [-0.1, -0.05) is 143 Å². The molecule has 6 rings (SSSR count). The van der Waals surface area contributed by atoms with Crippen LogP contribution < -0.4 is 0 Å². The molecule has 1 heterocycles. The van der Waals surface area contributed by atoms with Crippen molar-refractivity contribution in [3.63, 3.8) is 0 Å². The zero-order valence-corrected chi connectivity index (χ0v) is 30.9. The topological polar surface area (TPSA) is 50.0 Å². The summed E-state index contributed by atoms with van der Waals surface area (Å²) in [5.41, 5.74) is 10.9. The number of aromatic nitrogens is 1. The van der Waals surface area contributed by atoms with Crippen molar-refractivity contribution < 1.29 is 0 Å². The summed E-state index contributed by atoms with van der Waals surface area (Å²) in [5, 5.41) is 0. The minimum atomic E-state index is -0.0464. The molecule has 0 spiro atoms. The largest absolute Gasteiger partial charge is 0.258 e. The summed E-state index contributed by atoms with van der Waals surface area (Å²) in [4.78, 5) is 19.8. The average molecular weight is 673 g/mol. The second-order valence-electron chi connectivity index (χ2n) is 14.1. The lowest BCUT2D eigenvalue weighted by Crippen LogP contribution is -2.30. The van der Waals surface area contributed by atoms with Crippen LogP contribution in [-0.2, 0) is 5.41 Å². The van der Waals surface area contributed by atoms with Crippen LogP contribution in [0.4, 0.5) is 0 Å². The lowest BCUT2D eigenvalue weighted by Gasteiger charge is -2.39. The van der Waals surface area contributed by atoms with Gasteiger partial charge in [-0.25, -0.2) is 4.99 Å². The summed E-state index contributed by atoms with van der Waals surface area (Å²) in [5.74, 6) is 1.11. The van der Waals surface area contributed by atoms with Crippen molar-refractivity contribution in [1.82, 2.24) is 4.98 Å². The molecule has 0 radical (unpaired) electrons. The standard InChI is InChI=1S/C47H52N4/c1-6-34(2)45(40-18-10-7-11-19-40)49-35(3)38-23-27-42(28-24-38)47(31-15-9-16-32-47)43-29-25-39(26-30-43)36(4)50-46(41-20-12-8-13-21-41)51-37(5)44-22-14-17-33-48-44/h7,10-12,14,17-30,33-34,36H,3,6,8-9,13,15-16,31-32H2,1-2,4-5H3/b49-45+,50-46-,51-37+. The molecule has 51 heavy (non-hydrogen) atoms. The fraction of sp³-hybridized carbons (Fsp3) is 0.319. The summed E-state index contributed by atoms with van der Waals surface area (Å²) in [6.45, 7) is 13.1. The number of pyridine rings is 1. The Bertz CT molecular complexity index is 1920. The molecule has 4 heteroatoms. The molecule has 1 aromatic heterocycles. The highest BCUT2D eigenvalue weighted by Gasteiger charge is 2.35. The fourth-order valence-corrected chi connectivity index (χ4v) is 7.43. The maximum absolute atomic E-state index is 5.20. The molecule has 0 aliphatic heterocycles. The lowest BCUT2D eigenvalue weighted by molar-refractivity contribution is 0.346. The van der Waals surface area contributed by atoms with Gasteiger partial charge in [-0.3, -0.25) is 15.0 Å². The van der Waals surface area contributed by atoms with Crippen LogP contribution >= 0.6 is 0 Å². The van der Waals surface area contributed by atoms with E-state index in [0.717, 1.165) is 71.9 Å². The summed E-state index contributed by atoms with van der Waals surface area (Å²) in [6, 6.07) is 34.8. The Labute approximate surface area is 305 Å². The van der Waals surface area contributed by atoms with Crippen LogP contribution in [0.5, 0.6) is 0 Å². The molecule has 0 bridgehead atoms. The van der Waals surface area contributed by atoms with E-state index in [1.54, 1.807) is 0 Å². The highest BCUT2D eigenvalue weighted by molar-refractivity contribution is 6.12. The predicted octanol–water partition coefficient (Wildman–Crippen LogP) is 12.1. The van der Waals surface area contributed by atoms with E-state index in [9.17, 15) is 0 Å². The quantitative estimate of drug-likeness (QED) is 0.116. The minimum Gasteiger partial charge on any atom is -0.258 e. The molecule has 0 saturated heterocycles. The van der Waals surface area contributed by atoms with Gasteiger partial charge in [-0.05, 0) is 91.8 Å². The number of aliphatic imine (C=N–C) groups is 3. The third kappa shape index (κ3) is 8.51. The van der Waals surface area contributed by atoms with Gasteiger partial charge in [0, 0.05) is 17.2 Å². The van der Waals surface area contributed by atoms with Crippen LogP contribution in [0, 0.1) is 5.92 Å². The van der Waals surface area contributed by atoms with Gasteiger partial charge in [0.15, 0.2) is 5.84 Å². The van der Waals surface area contributed by atoms with Gasteiger partial charge in [0.2, 0.25) is 0 Å². The molecule has 0 amide bonds. The first kappa shape index (κ1) is 35.9. The molecule has 1 fully saturated rings. The Morgan fingerprint density at radius 2 is 1.47 bits per heavy atom. The second kappa shape index (κ2) is 16.8. The van der Waals surface area contributed by atoms with Crippen molar-refractivity contribution in [2.75, 3.05) is 0 Å². The molecule has 3 aromatic carbocycles. The lowest BCUT2D eigenvalue weighted by atomic mass is 9.65. The Hall–Kier alpha value is -4.96. The van der Waals surface area contributed by atoms with Crippen molar-refractivity contribution in [3.8, 4) is 0 Å². The minimum absolute atomic E-state index is 0.00864. The first-order valence-corrected chi connectivity index (χ1v) is 18.8. The Morgan fingerprint density at radius 3 is 2.10 bits per heavy atom. The zero-order valence-electron chi connectivity index (χ0n) is 30.9. The van der Waals surface area contributed by atoms with Crippen molar-refractivity contribution in [2.24, 2.45) is 20.9 Å². The smallest absolute Gasteiger partial charge is 0.155 e. The molecule has 2 aliphatic rings. The fourth-order valence-electron chi connectivity index (χ4n) is 7.43. The van der Waals surface area contributed by atoms with E-state index in [-0.39, 0.29) is 11.5 Å². The molecule has 0 N–H and O–H groups in total. The van der Waals surface area contributed by atoms with Crippen LogP contribution in [0.3, 0.4) is 0 Å². The number of benzene rings is 3. The van der Waals surface area contributed by atoms with Crippen LogP contribution in [0.1, 0.15) is 119 Å². The van der Waals surface area contributed by atoms with E-state index in [2.05, 4.69) is 129 Å². The van der Waals surface area contributed by atoms with Gasteiger partial charge in [0.1, 0.15) is 0 Å². The molecule has 2 atom stereocenters. The summed E-state index contributed by atoms with van der Waals surface area (Å²) in [6.07, 6.45) is 17.6. The van der Waals surface area contributed by atoms with Crippen molar-refractivity contribution >= 4 is 23.0 Å².